The van der Waals surface area contributed by atoms with Gasteiger partial charge >= 0.3 is 0 Å². The molecule has 0 aliphatic heterocycles. The lowest BCUT2D eigenvalue weighted by Crippen LogP contribution is -2.10. The maximum atomic E-state index is 11.8. The number of nitrogens with zero attached hydrogens (tertiary/aromatic N) is 1. The van der Waals surface area contributed by atoms with Crippen molar-refractivity contribution in [1.82, 2.24) is 4.98 Å². The highest BCUT2D eigenvalue weighted by Crippen LogP contribution is 2.11. The molecular formula is C15H14ClN3O. The fraction of sp³-hybridized carbons (Fsp3) is 0.0667. The van der Waals surface area contributed by atoms with Crippen LogP contribution in [0.2, 0.25) is 5.02 Å². The van der Waals surface area contributed by atoms with Gasteiger partial charge in [0.25, 0.3) is 0 Å². The van der Waals surface area contributed by atoms with Crippen molar-refractivity contribution >= 4 is 29.4 Å². The number of nitrogens with two attached hydrogens (primary N) is 1. The number of hydrogen-bond acceptors (Lipinski definition) is 3. The third kappa shape index (κ3) is 4.19. The summed E-state index contributed by atoms with van der Waals surface area (Å²) in [4.78, 5) is 15.9. The van der Waals surface area contributed by atoms with E-state index in [-0.39, 0.29) is 5.91 Å². The Morgan fingerprint density at radius 2 is 2.00 bits per heavy atom. The minimum Gasteiger partial charge on any atom is -0.325 e. The first-order valence-corrected chi connectivity index (χ1v) is 6.46. The second-order valence-electron chi connectivity index (χ2n) is 4.09. The highest BCUT2D eigenvalue weighted by molar-refractivity contribution is 6.30. The van der Waals surface area contributed by atoms with Gasteiger partial charge in [-0.25, -0.2) is 4.98 Å². The predicted molar refractivity (Wildman–Crippen MR) is 81.2 cm³/mol. The van der Waals surface area contributed by atoms with E-state index in [9.17, 15) is 4.79 Å². The van der Waals surface area contributed by atoms with Crippen molar-refractivity contribution < 1.29 is 4.79 Å². The Morgan fingerprint density at radius 3 is 2.70 bits per heavy atom. The van der Waals surface area contributed by atoms with Crippen LogP contribution < -0.4 is 11.1 Å². The van der Waals surface area contributed by atoms with Gasteiger partial charge in [-0.05, 0) is 35.9 Å². The fourth-order valence-corrected chi connectivity index (χ4v) is 1.70. The molecule has 102 valence electrons. The molecule has 0 fully saturated rings. The molecular weight excluding hydrogens is 274 g/mol. The second-order valence-corrected chi connectivity index (χ2v) is 4.53. The molecule has 5 heteroatoms. The topological polar surface area (TPSA) is 68.0 Å². The first-order valence-electron chi connectivity index (χ1n) is 6.08. The van der Waals surface area contributed by atoms with Crippen molar-refractivity contribution in [1.29, 1.82) is 0 Å². The number of halogens is 1. The van der Waals surface area contributed by atoms with Crippen LogP contribution in [0.3, 0.4) is 0 Å². The zero-order valence-corrected chi connectivity index (χ0v) is 11.5. The van der Waals surface area contributed by atoms with E-state index in [0.717, 1.165) is 11.3 Å². The molecule has 0 bridgehead atoms. The quantitative estimate of drug-likeness (QED) is 0.850. The van der Waals surface area contributed by atoms with Crippen LogP contribution in [-0.2, 0) is 11.3 Å². The smallest absolute Gasteiger partial charge is 0.249 e. The van der Waals surface area contributed by atoms with Gasteiger partial charge in [-0.2, -0.15) is 0 Å². The molecule has 3 N–H and O–H groups in total. The average Bonchev–Trinajstić information content (AvgIpc) is 2.47. The van der Waals surface area contributed by atoms with Gasteiger partial charge in [0.05, 0.1) is 5.69 Å². The molecule has 2 rings (SSSR count). The van der Waals surface area contributed by atoms with E-state index in [1.54, 1.807) is 36.4 Å². The van der Waals surface area contributed by atoms with E-state index >= 15 is 0 Å². The number of anilines is 1. The van der Waals surface area contributed by atoms with Crippen molar-refractivity contribution in [2.45, 2.75) is 6.54 Å². The molecule has 1 heterocycles. The lowest BCUT2D eigenvalue weighted by Gasteiger charge is -2.03. The maximum absolute atomic E-state index is 11.8. The zero-order valence-electron chi connectivity index (χ0n) is 10.7. The molecule has 1 amide bonds. The summed E-state index contributed by atoms with van der Waals surface area (Å²) in [6.45, 7) is 0.338. The summed E-state index contributed by atoms with van der Waals surface area (Å²) in [6.07, 6.45) is 3.15. The van der Waals surface area contributed by atoms with Crippen LogP contribution in [0.15, 0.2) is 48.5 Å². The normalized spacial score (nSPS) is 10.7. The van der Waals surface area contributed by atoms with Gasteiger partial charge in [-0.1, -0.05) is 29.8 Å². The number of carbonyl (C=O) groups excluding carboxylic acids is 1. The zero-order chi connectivity index (χ0) is 14.4. The van der Waals surface area contributed by atoms with Gasteiger partial charge in [0.15, 0.2) is 0 Å². The third-order valence-electron chi connectivity index (χ3n) is 2.56. The van der Waals surface area contributed by atoms with E-state index in [4.69, 9.17) is 17.3 Å². The number of pyridine rings is 1. The Bertz CT molecular complexity index is 623. The molecule has 1 aromatic carbocycles. The van der Waals surface area contributed by atoms with Gasteiger partial charge in [0, 0.05) is 17.6 Å². The fourth-order valence-electron chi connectivity index (χ4n) is 1.58. The number of nitrogens with one attached hydrogen (secondary N) is 1. The second kappa shape index (κ2) is 6.84. The number of aromatic nitrogens is 1. The maximum Gasteiger partial charge on any atom is 0.249 e. The SMILES string of the molecule is NCc1cccc(NC(=O)/C=C/c2ccc(Cl)cc2)n1. The van der Waals surface area contributed by atoms with E-state index in [0.29, 0.717) is 17.4 Å². The summed E-state index contributed by atoms with van der Waals surface area (Å²) < 4.78 is 0. The monoisotopic (exact) mass is 287 g/mol. The number of amides is 1. The van der Waals surface area contributed by atoms with E-state index < -0.39 is 0 Å². The summed E-state index contributed by atoms with van der Waals surface area (Å²) in [6, 6.07) is 12.5. The summed E-state index contributed by atoms with van der Waals surface area (Å²) in [5.74, 6) is 0.236. The molecule has 2 aromatic rings. The molecule has 0 spiro atoms. The van der Waals surface area contributed by atoms with Crippen molar-refractivity contribution in [3.8, 4) is 0 Å². The van der Waals surface area contributed by atoms with Crippen LogP contribution in [0, 0.1) is 0 Å². The van der Waals surface area contributed by atoms with Crippen LogP contribution >= 0.6 is 11.6 Å². The first-order chi connectivity index (χ1) is 9.67. The number of carbonyl (C=O) groups is 1. The molecule has 0 atom stereocenters. The molecule has 1 aromatic heterocycles. The lowest BCUT2D eigenvalue weighted by molar-refractivity contribution is -0.111. The summed E-state index contributed by atoms with van der Waals surface area (Å²) in [7, 11) is 0. The Balaban J connectivity index is 1.99. The third-order valence-corrected chi connectivity index (χ3v) is 2.82. The van der Waals surface area contributed by atoms with Crippen LogP contribution in [0.5, 0.6) is 0 Å². The van der Waals surface area contributed by atoms with Crippen LogP contribution in [0.25, 0.3) is 6.08 Å². The largest absolute Gasteiger partial charge is 0.325 e. The number of rotatable bonds is 4. The first kappa shape index (κ1) is 14.2. The number of benzene rings is 1. The molecule has 20 heavy (non-hydrogen) atoms. The minimum atomic E-state index is -0.248. The molecule has 0 radical (unpaired) electrons. The van der Waals surface area contributed by atoms with Crippen molar-refractivity contribution in [2.75, 3.05) is 5.32 Å². The molecule has 4 nitrogen and oxygen atoms in total. The van der Waals surface area contributed by atoms with Crippen molar-refractivity contribution in [2.24, 2.45) is 5.73 Å². The standard InChI is InChI=1S/C15H14ClN3O/c16-12-7-4-11(5-8-12)6-9-15(20)19-14-3-1-2-13(10-17)18-14/h1-9H,10,17H2,(H,18,19,20)/b9-6+. The molecule has 0 aliphatic rings. The lowest BCUT2D eigenvalue weighted by atomic mass is 10.2. The summed E-state index contributed by atoms with van der Waals surface area (Å²) in [5, 5.41) is 3.34. The average molecular weight is 288 g/mol. The predicted octanol–water partition coefficient (Wildman–Crippen LogP) is 2.85. The van der Waals surface area contributed by atoms with E-state index in [1.807, 2.05) is 12.1 Å². The Morgan fingerprint density at radius 1 is 1.25 bits per heavy atom. The van der Waals surface area contributed by atoms with Gasteiger partial charge in [0.2, 0.25) is 5.91 Å². The number of hydrogen-bond donors (Lipinski definition) is 2. The van der Waals surface area contributed by atoms with Crippen LogP contribution in [0.1, 0.15) is 11.3 Å². The minimum absolute atomic E-state index is 0.248. The molecule has 0 saturated heterocycles. The van der Waals surface area contributed by atoms with Gasteiger partial charge in [-0.15, -0.1) is 0 Å². The van der Waals surface area contributed by atoms with Gasteiger partial charge in [-0.3, -0.25) is 4.79 Å². The molecule has 0 saturated carbocycles. The Kier molecular flexibility index (Phi) is 4.87. The summed E-state index contributed by atoms with van der Waals surface area (Å²) >= 11 is 5.79. The van der Waals surface area contributed by atoms with E-state index in [1.165, 1.54) is 6.08 Å². The molecule has 0 unspecified atom stereocenters. The van der Waals surface area contributed by atoms with E-state index in [2.05, 4.69) is 10.3 Å². The van der Waals surface area contributed by atoms with Crippen LogP contribution in [0.4, 0.5) is 5.82 Å². The Hall–Kier alpha value is -2.17. The Labute approximate surface area is 122 Å². The van der Waals surface area contributed by atoms with Crippen molar-refractivity contribution in [3.05, 3.63) is 64.8 Å². The van der Waals surface area contributed by atoms with Crippen LogP contribution in [-0.4, -0.2) is 10.9 Å². The highest BCUT2D eigenvalue weighted by atomic mass is 35.5. The molecule has 0 aliphatic carbocycles. The van der Waals surface area contributed by atoms with Crippen molar-refractivity contribution in [3.63, 3.8) is 0 Å². The summed E-state index contributed by atoms with van der Waals surface area (Å²) in [5.41, 5.74) is 7.12. The van der Waals surface area contributed by atoms with Gasteiger partial charge in [0.1, 0.15) is 5.82 Å². The highest BCUT2D eigenvalue weighted by Gasteiger charge is 2.00. The van der Waals surface area contributed by atoms with Gasteiger partial charge < -0.3 is 11.1 Å².